The molecule has 0 radical (unpaired) electrons. The Labute approximate surface area is 474 Å². The Bertz CT molecular complexity index is 3190. The molecule has 2 aliphatic carbocycles. The van der Waals surface area contributed by atoms with Crippen LogP contribution in [0.15, 0.2) is 81.6 Å². The number of nitrogens with zero attached hydrogens (tertiary/aromatic N) is 2. The molecule has 2 aromatic heterocycles. The Morgan fingerprint density at radius 2 is 0.890 bits per heavy atom. The molecule has 1 amide bonds. The molecular formula is C58H69F2N3O17S2. The third-order valence-electron chi connectivity index (χ3n) is 13.3. The second-order valence-electron chi connectivity index (χ2n) is 19.6. The molecule has 8 rings (SSSR count). The summed E-state index contributed by atoms with van der Waals surface area (Å²) in [5.41, 5.74) is 10.3. The Morgan fingerprint density at radius 1 is 0.549 bits per heavy atom. The van der Waals surface area contributed by atoms with Gasteiger partial charge in [-0.2, -0.15) is 0 Å². The highest BCUT2D eigenvalue weighted by atomic mass is 32.2. The van der Waals surface area contributed by atoms with Crippen LogP contribution in [-0.2, 0) is 58.1 Å². The summed E-state index contributed by atoms with van der Waals surface area (Å²) in [7, 11) is -7.40. The molecule has 0 aliphatic heterocycles. The lowest BCUT2D eigenvalue weighted by Gasteiger charge is -2.25. The molecule has 2 fully saturated rings. The molecule has 0 unspecified atom stereocenters. The summed E-state index contributed by atoms with van der Waals surface area (Å²) in [5.74, 6) is -1.68. The summed E-state index contributed by atoms with van der Waals surface area (Å²) in [6.45, 7) is 5.11. The van der Waals surface area contributed by atoms with Crippen molar-refractivity contribution in [1.82, 2.24) is 0 Å². The fourth-order valence-electron chi connectivity index (χ4n) is 9.13. The van der Waals surface area contributed by atoms with E-state index in [-0.39, 0.29) is 122 Å². The largest absolute Gasteiger partial charge is 0.480 e. The molecule has 82 heavy (non-hydrogen) atoms. The number of halogens is 2. The molecule has 6 aromatic rings. The Morgan fingerprint density at radius 3 is 1.21 bits per heavy atom. The number of aliphatic carboxylic acids is 1. The van der Waals surface area contributed by atoms with Gasteiger partial charge in [-0.3, -0.25) is 23.0 Å². The van der Waals surface area contributed by atoms with Crippen LogP contribution in [0.4, 0.5) is 20.2 Å². The predicted octanol–water partition coefficient (Wildman–Crippen LogP) is 8.62. The van der Waals surface area contributed by atoms with E-state index in [1.54, 1.807) is 50.2 Å². The maximum absolute atomic E-state index is 13.6. The van der Waals surface area contributed by atoms with Gasteiger partial charge in [-0.15, -0.1) is 0 Å². The van der Waals surface area contributed by atoms with Crippen molar-refractivity contribution in [2.24, 2.45) is 5.73 Å². The first-order valence-corrected chi connectivity index (χ1v) is 30.6. The number of nitrogens with two attached hydrogens (primary N) is 1. The minimum absolute atomic E-state index is 0.0536. The molecule has 0 bridgehead atoms. The van der Waals surface area contributed by atoms with E-state index in [1.165, 1.54) is 32.9 Å². The van der Waals surface area contributed by atoms with E-state index in [1.807, 2.05) is 12.1 Å². The van der Waals surface area contributed by atoms with Gasteiger partial charge in [-0.1, -0.05) is 13.8 Å². The number of Topliss-reactive ketones (excluding diaryl/α,β-unsaturated/α-hetero) is 2. The second kappa shape index (κ2) is 29.1. The molecule has 0 saturated heterocycles. The zero-order valence-corrected chi connectivity index (χ0v) is 47.9. The van der Waals surface area contributed by atoms with Crippen molar-refractivity contribution in [3.63, 3.8) is 0 Å². The zero-order valence-electron chi connectivity index (χ0n) is 46.2. The summed E-state index contributed by atoms with van der Waals surface area (Å²) in [6.07, 6.45) is 6.39. The number of sulfonamides is 2. The molecule has 2 heterocycles. The third-order valence-corrected chi connectivity index (χ3v) is 15.7. The molecule has 24 heteroatoms. The number of hydrogen-bond acceptors (Lipinski definition) is 16. The van der Waals surface area contributed by atoms with E-state index in [9.17, 15) is 44.8 Å². The first-order valence-electron chi connectivity index (χ1n) is 26.9. The van der Waals surface area contributed by atoms with Crippen molar-refractivity contribution in [1.29, 1.82) is 0 Å². The van der Waals surface area contributed by atoms with Gasteiger partial charge in [0.25, 0.3) is 0 Å². The number of furan rings is 2. The topological polar surface area (TPSA) is 271 Å². The second-order valence-corrected chi connectivity index (χ2v) is 23.4. The van der Waals surface area contributed by atoms with Crippen LogP contribution in [0.2, 0.25) is 0 Å². The van der Waals surface area contributed by atoms with Crippen LogP contribution >= 0.6 is 0 Å². The molecule has 2 aliphatic rings. The Balaban J connectivity index is 0.000000236. The van der Waals surface area contributed by atoms with Crippen molar-refractivity contribution >= 4 is 76.8 Å². The highest BCUT2D eigenvalue weighted by Crippen LogP contribution is 2.50. The zero-order chi connectivity index (χ0) is 59.1. The van der Waals surface area contributed by atoms with E-state index >= 15 is 0 Å². The van der Waals surface area contributed by atoms with Crippen molar-refractivity contribution < 1.29 is 87.2 Å². The monoisotopic (exact) mass is 1180 g/mol. The number of benzene rings is 4. The lowest BCUT2D eigenvalue weighted by molar-refractivity contribution is -0.142. The molecule has 444 valence electrons. The van der Waals surface area contributed by atoms with Crippen LogP contribution in [0, 0.1) is 11.6 Å². The summed E-state index contributed by atoms with van der Waals surface area (Å²) in [6, 6.07) is 18.5. The number of anilines is 2. The maximum atomic E-state index is 13.6. The normalized spacial score (nSPS) is 13.5. The van der Waals surface area contributed by atoms with Gasteiger partial charge in [0.15, 0.2) is 11.6 Å². The molecule has 4 aromatic carbocycles. The Hall–Kier alpha value is -6.64. The van der Waals surface area contributed by atoms with Gasteiger partial charge in [-0.05, 0) is 109 Å². The fourth-order valence-corrected chi connectivity index (χ4v) is 11.0. The minimum atomic E-state index is -3.70. The number of hydrogen-bond donors (Lipinski definition) is 2. The number of carboxylic acids is 1. The molecule has 2 saturated carbocycles. The predicted molar refractivity (Wildman–Crippen MR) is 303 cm³/mol. The Kier molecular flexibility index (Phi) is 22.3. The van der Waals surface area contributed by atoms with Crippen molar-refractivity contribution in [3.8, 4) is 22.6 Å². The van der Waals surface area contributed by atoms with Gasteiger partial charge >= 0.3 is 5.97 Å². The molecule has 3 N–H and O–H groups in total. The van der Waals surface area contributed by atoms with Gasteiger partial charge in [0.2, 0.25) is 26.0 Å². The van der Waals surface area contributed by atoms with Crippen LogP contribution in [0.25, 0.3) is 44.6 Å². The number of fused-ring (bicyclic) bond motifs is 2. The van der Waals surface area contributed by atoms with Crippen LogP contribution in [0.1, 0.15) is 96.1 Å². The van der Waals surface area contributed by atoms with Gasteiger partial charge in [0.1, 0.15) is 47.5 Å². The van der Waals surface area contributed by atoms with E-state index in [0.717, 1.165) is 49.3 Å². The van der Waals surface area contributed by atoms with Crippen LogP contribution in [0.3, 0.4) is 0 Å². The number of ketones is 2. The van der Waals surface area contributed by atoms with Crippen molar-refractivity contribution in [3.05, 3.63) is 107 Å². The standard InChI is InChI=1S/C29H35FN2O8S.C29H34FNO9S/c1-3-25(33)28-23-16-22(19-4-5-19)24(17-26(23)40-29(28)20-6-8-21(30)9-7-20)32(41(2,35)36)10-11-37-12-13-38-14-15-39-18-27(31)34;1-3-25(32)28-23-16-22(19-4-5-19)24(17-26(23)40-29(28)20-6-8-21(30)9-7-20)31(41(2,35)36)10-11-37-12-13-38-14-15-39-18-27(33)34/h6-9,16-17,19H,3-5,10-15,18H2,1-2H3,(H2,31,34);6-9,16-17,19H,3-5,10-15,18H2,1-2H3,(H,33,34). The minimum Gasteiger partial charge on any atom is -0.480 e. The highest BCUT2D eigenvalue weighted by Gasteiger charge is 2.35. The number of amides is 1. The van der Waals surface area contributed by atoms with Crippen LogP contribution in [0.5, 0.6) is 0 Å². The quantitative estimate of drug-likeness (QED) is 0.0283. The van der Waals surface area contributed by atoms with Gasteiger partial charge < -0.3 is 48.1 Å². The van der Waals surface area contributed by atoms with Crippen LogP contribution < -0.4 is 14.3 Å². The molecule has 0 spiro atoms. The third kappa shape index (κ3) is 17.2. The average Bonchev–Trinajstić information content (AvgIpc) is 3.56. The summed E-state index contributed by atoms with van der Waals surface area (Å²) >= 11 is 0. The number of rotatable bonds is 34. The van der Waals surface area contributed by atoms with E-state index in [4.69, 9.17) is 48.1 Å². The first-order chi connectivity index (χ1) is 39.2. The van der Waals surface area contributed by atoms with Gasteiger partial charge in [-0.25, -0.2) is 30.4 Å². The summed E-state index contributed by atoms with van der Waals surface area (Å²) in [5, 5.41) is 9.76. The lowest BCUT2D eigenvalue weighted by Crippen LogP contribution is -2.34. The van der Waals surface area contributed by atoms with E-state index in [2.05, 4.69) is 0 Å². The summed E-state index contributed by atoms with van der Waals surface area (Å²) < 4.78 is 126. The number of carbonyl (C=O) groups excluding carboxylic acids is 3. The SMILES string of the molecule is CCC(=O)c1c(-c2ccc(F)cc2)oc2cc(N(CCOCCOCCOCC(=O)O)S(C)(=O)=O)c(C3CC3)cc12.CCC(=O)c1c(-c2ccc(F)cc2)oc2cc(N(CCOCCOCCOCC(N)=O)S(C)(=O)=O)c(C3CC3)cc12. The number of primary amides is 1. The van der Waals surface area contributed by atoms with Crippen LogP contribution in [-0.4, -0.2) is 150 Å². The molecule has 20 nitrogen and oxygen atoms in total. The van der Waals surface area contributed by atoms with Gasteiger partial charge in [0, 0.05) is 46.9 Å². The van der Waals surface area contributed by atoms with E-state index < -0.39 is 50.2 Å². The van der Waals surface area contributed by atoms with Crippen molar-refractivity contribution in [2.45, 2.75) is 64.2 Å². The average molecular weight is 1180 g/mol. The maximum Gasteiger partial charge on any atom is 0.329 e. The number of carboxylic acid groups (broad SMARTS) is 1. The van der Waals surface area contributed by atoms with Gasteiger partial charge in [0.05, 0.1) is 114 Å². The summed E-state index contributed by atoms with van der Waals surface area (Å²) in [4.78, 5) is 47.2. The number of ether oxygens (including phenoxy) is 6. The highest BCUT2D eigenvalue weighted by molar-refractivity contribution is 7.92. The van der Waals surface area contributed by atoms with Crippen molar-refractivity contribution in [2.75, 3.05) is 113 Å². The smallest absolute Gasteiger partial charge is 0.329 e. The lowest BCUT2D eigenvalue weighted by atomic mass is 9.97. The van der Waals surface area contributed by atoms with E-state index in [0.29, 0.717) is 67.1 Å². The molecular weight excluding hydrogens is 1110 g/mol. The number of carbonyl (C=O) groups is 4. The molecule has 0 atom stereocenters. The fraction of sp³-hybridized carbons (Fsp3) is 0.448. The first kappa shape index (κ1) is 63.0.